The first-order chi connectivity index (χ1) is 12.8. The van der Waals surface area contributed by atoms with Gasteiger partial charge in [-0.1, -0.05) is 6.92 Å². The molecule has 1 fully saturated rings. The number of sulfonamides is 1. The van der Waals surface area contributed by atoms with Crippen LogP contribution in [0.3, 0.4) is 0 Å². The largest absolute Gasteiger partial charge is 0.354 e. The van der Waals surface area contributed by atoms with Crippen molar-refractivity contribution in [3.8, 4) is 11.3 Å². The molecule has 27 heavy (non-hydrogen) atoms. The van der Waals surface area contributed by atoms with Crippen LogP contribution >= 0.6 is 0 Å². The van der Waals surface area contributed by atoms with Crippen molar-refractivity contribution in [2.24, 2.45) is 7.05 Å². The summed E-state index contributed by atoms with van der Waals surface area (Å²) in [4.78, 5) is 21.5. The molecule has 3 rings (SSSR count). The second-order valence-corrected chi connectivity index (χ2v) is 8.70. The smallest absolute Gasteiger partial charge is 0.258 e. The van der Waals surface area contributed by atoms with E-state index in [0.717, 1.165) is 18.4 Å². The fourth-order valence-corrected chi connectivity index (χ4v) is 4.71. The molecule has 0 aromatic carbocycles. The second-order valence-electron chi connectivity index (χ2n) is 6.77. The van der Waals surface area contributed by atoms with Gasteiger partial charge in [-0.3, -0.25) is 14.3 Å². The Balaban J connectivity index is 1.92. The van der Waals surface area contributed by atoms with Crippen molar-refractivity contribution < 1.29 is 8.42 Å². The van der Waals surface area contributed by atoms with Gasteiger partial charge in [-0.2, -0.15) is 4.31 Å². The Bertz CT molecular complexity index is 972. The van der Waals surface area contributed by atoms with Crippen LogP contribution < -0.4 is 10.9 Å². The Morgan fingerprint density at radius 3 is 2.63 bits per heavy atom. The first-order valence-electron chi connectivity index (χ1n) is 9.04. The van der Waals surface area contributed by atoms with E-state index in [1.165, 1.54) is 15.1 Å². The molecular weight excluding hydrogens is 366 g/mol. The van der Waals surface area contributed by atoms with Crippen molar-refractivity contribution >= 4 is 16.0 Å². The number of aromatic nitrogens is 3. The monoisotopic (exact) mass is 391 g/mol. The molecule has 0 aliphatic carbocycles. The van der Waals surface area contributed by atoms with Gasteiger partial charge >= 0.3 is 0 Å². The Kier molecular flexibility index (Phi) is 5.61. The maximum atomic E-state index is 12.8. The summed E-state index contributed by atoms with van der Waals surface area (Å²) in [6.45, 7) is 2.88. The Hall–Kier alpha value is -2.26. The van der Waals surface area contributed by atoms with Gasteiger partial charge in [-0.15, -0.1) is 0 Å². The van der Waals surface area contributed by atoms with Crippen LogP contribution in [0.25, 0.3) is 11.3 Å². The molecule has 3 heterocycles. The highest BCUT2D eigenvalue weighted by Gasteiger charge is 2.31. The highest BCUT2D eigenvalue weighted by molar-refractivity contribution is 7.88. The van der Waals surface area contributed by atoms with Gasteiger partial charge in [0.25, 0.3) is 5.56 Å². The molecule has 8 nitrogen and oxygen atoms in total. The molecule has 1 saturated heterocycles. The zero-order chi connectivity index (χ0) is 19.6. The van der Waals surface area contributed by atoms with Crippen LogP contribution in [0.5, 0.6) is 0 Å². The predicted octanol–water partition coefficient (Wildman–Crippen LogP) is 1.24. The molecule has 146 valence electrons. The molecular formula is C18H25N5O3S. The molecule has 1 N–H and O–H groups in total. The van der Waals surface area contributed by atoms with E-state index < -0.39 is 10.0 Å². The maximum Gasteiger partial charge on any atom is 0.258 e. The SMILES string of the molecule is CCc1c(-c2ccncc2)nc(NCC2CCCN2S(C)(=O)=O)n(C)c1=O. The second kappa shape index (κ2) is 7.77. The summed E-state index contributed by atoms with van der Waals surface area (Å²) in [5.41, 5.74) is 2.01. The molecule has 9 heteroatoms. The summed E-state index contributed by atoms with van der Waals surface area (Å²) in [5, 5.41) is 3.19. The van der Waals surface area contributed by atoms with Crippen molar-refractivity contribution in [2.45, 2.75) is 32.2 Å². The van der Waals surface area contributed by atoms with Gasteiger partial charge in [0.2, 0.25) is 16.0 Å². The lowest BCUT2D eigenvalue weighted by atomic mass is 10.1. The molecule has 1 unspecified atom stereocenters. The third-order valence-electron chi connectivity index (χ3n) is 4.94. The summed E-state index contributed by atoms with van der Waals surface area (Å²) >= 11 is 0. The Morgan fingerprint density at radius 1 is 1.30 bits per heavy atom. The molecule has 0 saturated carbocycles. The molecule has 0 spiro atoms. The van der Waals surface area contributed by atoms with Crippen LogP contribution in [0.15, 0.2) is 29.3 Å². The van der Waals surface area contributed by atoms with E-state index in [-0.39, 0.29) is 11.6 Å². The van der Waals surface area contributed by atoms with Gasteiger partial charge in [0, 0.05) is 49.7 Å². The Morgan fingerprint density at radius 2 is 2.00 bits per heavy atom. The molecule has 0 bridgehead atoms. The summed E-state index contributed by atoms with van der Waals surface area (Å²) in [5.74, 6) is 0.435. The van der Waals surface area contributed by atoms with Gasteiger partial charge in [0.05, 0.1) is 11.9 Å². The van der Waals surface area contributed by atoms with Crippen molar-refractivity contribution in [1.29, 1.82) is 0 Å². The van der Waals surface area contributed by atoms with Crippen molar-refractivity contribution in [2.75, 3.05) is 24.7 Å². The minimum absolute atomic E-state index is 0.104. The maximum absolute atomic E-state index is 12.8. The van der Waals surface area contributed by atoms with E-state index >= 15 is 0 Å². The molecule has 1 aliphatic rings. The van der Waals surface area contributed by atoms with E-state index in [4.69, 9.17) is 0 Å². The van der Waals surface area contributed by atoms with Crippen molar-refractivity contribution in [3.05, 3.63) is 40.4 Å². The first-order valence-corrected chi connectivity index (χ1v) is 10.9. The quantitative estimate of drug-likeness (QED) is 0.796. The van der Waals surface area contributed by atoms with Crippen LogP contribution in [0.1, 0.15) is 25.3 Å². The van der Waals surface area contributed by atoms with Crippen LogP contribution in [-0.2, 0) is 23.5 Å². The fraction of sp³-hybridized carbons (Fsp3) is 0.500. The third kappa shape index (κ3) is 4.03. The summed E-state index contributed by atoms with van der Waals surface area (Å²) in [6, 6.07) is 3.52. The lowest BCUT2D eigenvalue weighted by Gasteiger charge is -2.23. The standard InChI is InChI=1S/C18H25N5O3S/c1-4-15-16(13-7-9-19-10-8-13)21-18(22(2)17(15)24)20-12-14-6-5-11-23(14)27(3,25)26/h7-10,14H,4-6,11-12H2,1-3H3,(H,20,21). The number of nitrogens with one attached hydrogen (secondary N) is 1. The lowest BCUT2D eigenvalue weighted by Crippen LogP contribution is -2.39. The number of anilines is 1. The number of pyridine rings is 1. The summed E-state index contributed by atoms with van der Waals surface area (Å²) in [7, 11) is -1.56. The minimum Gasteiger partial charge on any atom is -0.354 e. The van der Waals surface area contributed by atoms with Crippen LogP contribution in [0, 0.1) is 0 Å². The predicted molar refractivity (Wildman–Crippen MR) is 105 cm³/mol. The van der Waals surface area contributed by atoms with Gasteiger partial charge in [0.1, 0.15) is 0 Å². The van der Waals surface area contributed by atoms with E-state index in [9.17, 15) is 13.2 Å². The zero-order valence-corrected chi connectivity index (χ0v) is 16.7. The highest BCUT2D eigenvalue weighted by atomic mass is 32.2. The van der Waals surface area contributed by atoms with E-state index in [1.807, 2.05) is 19.1 Å². The number of hydrogen-bond acceptors (Lipinski definition) is 6. The Labute approximate surface area is 159 Å². The average molecular weight is 391 g/mol. The molecule has 1 atom stereocenters. The molecule has 1 aliphatic heterocycles. The summed E-state index contributed by atoms with van der Waals surface area (Å²) < 4.78 is 26.8. The topological polar surface area (TPSA) is 97.2 Å². The average Bonchev–Trinajstić information content (AvgIpc) is 3.12. The lowest BCUT2D eigenvalue weighted by molar-refractivity contribution is 0.402. The van der Waals surface area contributed by atoms with E-state index in [1.54, 1.807) is 19.4 Å². The van der Waals surface area contributed by atoms with Crippen molar-refractivity contribution in [3.63, 3.8) is 0 Å². The third-order valence-corrected chi connectivity index (χ3v) is 6.27. The molecule has 2 aromatic rings. The molecule has 0 amide bonds. The molecule has 2 aromatic heterocycles. The van der Waals surface area contributed by atoms with Gasteiger partial charge in [-0.25, -0.2) is 13.4 Å². The fourth-order valence-electron chi connectivity index (χ4n) is 3.53. The van der Waals surface area contributed by atoms with Crippen molar-refractivity contribution in [1.82, 2.24) is 18.8 Å². The highest BCUT2D eigenvalue weighted by Crippen LogP contribution is 2.23. The normalized spacial score (nSPS) is 18.0. The van der Waals surface area contributed by atoms with Gasteiger partial charge < -0.3 is 5.32 Å². The van der Waals surface area contributed by atoms with Crippen LogP contribution in [0.2, 0.25) is 0 Å². The number of hydrogen-bond donors (Lipinski definition) is 1. The summed E-state index contributed by atoms with van der Waals surface area (Å²) in [6.07, 6.45) is 6.77. The zero-order valence-electron chi connectivity index (χ0n) is 15.8. The first kappa shape index (κ1) is 19.5. The van der Waals surface area contributed by atoms with E-state index in [0.29, 0.717) is 36.7 Å². The van der Waals surface area contributed by atoms with E-state index in [2.05, 4.69) is 15.3 Å². The van der Waals surface area contributed by atoms with Crippen LogP contribution in [-0.4, -0.2) is 52.6 Å². The van der Waals surface area contributed by atoms with Gasteiger partial charge in [0.15, 0.2) is 0 Å². The van der Waals surface area contributed by atoms with Gasteiger partial charge in [-0.05, 0) is 31.4 Å². The minimum atomic E-state index is -3.24. The van der Waals surface area contributed by atoms with Crippen LogP contribution in [0.4, 0.5) is 5.95 Å². The number of rotatable bonds is 6. The number of nitrogens with zero attached hydrogens (tertiary/aromatic N) is 4. The molecule has 0 radical (unpaired) electrons.